The van der Waals surface area contributed by atoms with E-state index in [0.717, 1.165) is 47.1 Å². The molecule has 1 aliphatic rings. The van der Waals surface area contributed by atoms with Crippen molar-refractivity contribution < 1.29 is 9.59 Å². The average molecular weight is 552 g/mol. The van der Waals surface area contributed by atoms with Crippen LogP contribution in [0.1, 0.15) is 53.9 Å². The van der Waals surface area contributed by atoms with Crippen molar-refractivity contribution in [1.29, 1.82) is 0 Å². The number of nitrogens with one attached hydrogen (secondary N) is 3. The third-order valence-corrected chi connectivity index (χ3v) is 8.20. The number of amides is 3. The lowest BCUT2D eigenvalue weighted by atomic mass is 9.89. The Morgan fingerprint density at radius 3 is 2.46 bits per heavy atom. The fourth-order valence-corrected chi connectivity index (χ4v) is 5.88. The number of hydrogen-bond acceptors (Lipinski definition) is 3. The Bertz CT molecular complexity index is 1480. The molecular weight excluding hydrogens is 510 g/mol. The lowest BCUT2D eigenvalue weighted by molar-refractivity contribution is -0.118. The number of urea groups is 1. The molecule has 3 N–H and O–H groups in total. The molecule has 1 saturated heterocycles. The van der Waals surface area contributed by atoms with Crippen molar-refractivity contribution in [1.82, 2.24) is 20.1 Å². The Labute approximate surface area is 242 Å². The quantitative estimate of drug-likeness (QED) is 0.243. The summed E-state index contributed by atoms with van der Waals surface area (Å²) in [6, 6.07) is 23.7. The van der Waals surface area contributed by atoms with Crippen LogP contribution in [0, 0.1) is 6.92 Å². The van der Waals surface area contributed by atoms with Crippen molar-refractivity contribution in [2.45, 2.75) is 51.1 Å². The van der Waals surface area contributed by atoms with Gasteiger partial charge in [0.1, 0.15) is 6.04 Å². The number of aryl methyl sites for hydroxylation is 1. The molecule has 3 aromatic carbocycles. The maximum atomic E-state index is 13.8. The first kappa shape index (κ1) is 28.4. The Morgan fingerprint density at radius 1 is 1.00 bits per heavy atom. The second-order valence-corrected chi connectivity index (χ2v) is 11.6. The van der Waals surface area contributed by atoms with E-state index in [2.05, 4.69) is 57.8 Å². The molecule has 5 rings (SSSR count). The Morgan fingerprint density at radius 2 is 1.73 bits per heavy atom. The van der Waals surface area contributed by atoms with E-state index in [9.17, 15) is 9.59 Å². The molecule has 0 saturated carbocycles. The molecule has 41 heavy (non-hydrogen) atoms. The average Bonchev–Trinajstić information content (AvgIpc) is 3.40. The maximum absolute atomic E-state index is 13.8. The molecule has 0 unspecified atom stereocenters. The van der Waals surface area contributed by atoms with Crippen LogP contribution < -0.4 is 10.6 Å². The lowest BCUT2D eigenvalue weighted by Gasteiger charge is -2.34. The van der Waals surface area contributed by atoms with Gasteiger partial charge in [0.05, 0.1) is 0 Å². The van der Waals surface area contributed by atoms with Crippen LogP contribution in [-0.4, -0.2) is 59.9 Å². The largest absolute Gasteiger partial charge is 0.361 e. The molecule has 2 heterocycles. The zero-order chi connectivity index (χ0) is 28.9. The van der Waals surface area contributed by atoms with E-state index >= 15 is 0 Å². The lowest BCUT2D eigenvalue weighted by Crippen LogP contribution is -2.53. The molecule has 1 fully saturated rings. The molecule has 7 nitrogen and oxygen atoms in total. The summed E-state index contributed by atoms with van der Waals surface area (Å²) < 4.78 is 0. The molecule has 214 valence electrons. The zero-order valence-electron chi connectivity index (χ0n) is 24.5. The monoisotopic (exact) mass is 551 g/mol. The fourth-order valence-electron chi connectivity index (χ4n) is 5.88. The summed E-state index contributed by atoms with van der Waals surface area (Å²) in [7, 11) is 4.03. The minimum Gasteiger partial charge on any atom is -0.361 e. The number of carbonyl (C=O) groups is 2. The van der Waals surface area contributed by atoms with Gasteiger partial charge in [-0.15, -0.1) is 0 Å². The molecule has 1 aromatic heterocycles. The van der Waals surface area contributed by atoms with Crippen molar-refractivity contribution in [3.63, 3.8) is 0 Å². The molecule has 3 amide bonds. The van der Waals surface area contributed by atoms with Gasteiger partial charge in [0.25, 0.3) is 0 Å². The van der Waals surface area contributed by atoms with Crippen molar-refractivity contribution in [2.24, 2.45) is 0 Å². The van der Waals surface area contributed by atoms with E-state index in [4.69, 9.17) is 0 Å². The van der Waals surface area contributed by atoms with Crippen LogP contribution >= 0.6 is 0 Å². The summed E-state index contributed by atoms with van der Waals surface area (Å²) in [5.74, 6) is -0.0452. The van der Waals surface area contributed by atoms with Crippen LogP contribution in [0.25, 0.3) is 10.9 Å². The standard InChI is InChI=1S/C34H41N5O2/c1-23-12-14-26(15-13-23)27-16-18-39(19-17-27)34(41)37-32(24(2)30-21-35-31-11-6-5-10-29(30)31)33(40)36-28-9-7-8-25(20-28)22-38(3)4/h5-15,20-21,24,27,32,35H,16-19,22H2,1-4H3,(H,36,40)(H,37,41)/t24-,32-/m1/s1. The van der Waals surface area contributed by atoms with E-state index in [1.54, 1.807) is 0 Å². The number of aromatic amines is 1. The van der Waals surface area contributed by atoms with Gasteiger partial charge in [-0.3, -0.25) is 4.79 Å². The predicted octanol–water partition coefficient (Wildman–Crippen LogP) is 6.24. The SMILES string of the molecule is Cc1ccc(C2CCN(C(=O)N[C@@H](C(=O)Nc3cccc(CN(C)C)c3)[C@H](C)c3c[nH]c4ccccc34)CC2)cc1. The first-order valence-electron chi connectivity index (χ1n) is 14.5. The van der Waals surface area contributed by atoms with Crippen molar-refractivity contribution in [3.05, 3.63) is 101 Å². The molecule has 2 atom stereocenters. The van der Waals surface area contributed by atoms with Gasteiger partial charge in [-0.1, -0.05) is 67.1 Å². The number of hydrogen-bond donors (Lipinski definition) is 3. The van der Waals surface area contributed by atoms with Gasteiger partial charge < -0.3 is 25.4 Å². The summed E-state index contributed by atoms with van der Waals surface area (Å²) in [5.41, 5.74) is 6.42. The summed E-state index contributed by atoms with van der Waals surface area (Å²) in [5, 5.41) is 7.26. The Kier molecular flexibility index (Phi) is 8.74. The van der Waals surface area contributed by atoms with Crippen LogP contribution in [0.5, 0.6) is 0 Å². The summed E-state index contributed by atoms with van der Waals surface area (Å²) in [4.78, 5) is 34.7. The summed E-state index contributed by atoms with van der Waals surface area (Å²) in [6.45, 7) is 6.20. The number of rotatable bonds is 8. The fraction of sp³-hybridized carbons (Fsp3) is 0.353. The van der Waals surface area contributed by atoms with Crippen LogP contribution in [0.2, 0.25) is 0 Å². The van der Waals surface area contributed by atoms with Gasteiger partial charge in [-0.05, 0) is 74.7 Å². The van der Waals surface area contributed by atoms with Gasteiger partial charge in [0.15, 0.2) is 0 Å². The van der Waals surface area contributed by atoms with Gasteiger partial charge >= 0.3 is 6.03 Å². The number of benzene rings is 3. The topological polar surface area (TPSA) is 80.5 Å². The third-order valence-electron chi connectivity index (χ3n) is 8.20. The number of H-pyrrole nitrogens is 1. The first-order chi connectivity index (χ1) is 19.8. The van der Waals surface area contributed by atoms with Crippen LogP contribution in [0.15, 0.2) is 79.0 Å². The highest BCUT2D eigenvalue weighted by atomic mass is 16.2. The van der Waals surface area contributed by atoms with E-state index in [1.807, 2.05) is 74.6 Å². The van der Waals surface area contributed by atoms with Gasteiger partial charge in [0.2, 0.25) is 5.91 Å². The number of likely N-dealkylation sites (tertiary alicyclic amines) is 1. The third kappa shape index (κ3) is 6.80. The molecule has 4 aromatic rings. The predicted molar refractivity (Wildman–Crippen MR) is 166 cm³/mol. The van der Waals surface area contributed by atoms with Crippen LogP contribution in [0.4, 0.5) is 10.5 Å². The Hall–Kier alpha value is -4.10. The number of carbonyl (C=O) groups excluding carboxylic acids is 2. The number of aromatic nitrogens is 1. The van der Waals surface area contributed by atoms with Crippen molar-refractivity contribution in [3.8, 4) is 0 Å². The molecule has 0 bridgehead atoms. The van der Waals surface area contributed by atoms with E-state index in [0.29, 0.717) is 19.0 Å². The van der Waals surface area contributed by atoms with Gasteiger partial charge in [0, 0.05) is 48.3 Å². The van der Waals surface area contributed by atoms with Crippen LogP contribution in [-0.2, 0) is 11.3 Å². The zero-order valence-corrected chi connectivity index (χ0v) is 24.5. The van der Waals surface area contributed by atoms with Crippen molar-refractivity contribution in [2.75, 3.05) is 32.5 Å². The summed E-state index contributed by atoms with van der Waals surface area (Å²) in [6.07, 6.45) is 3.76. The molecule has 0 aliphatic carbocycles. The molecule has 0 spiro atoms. The Balaban J connectivity index is 1.33. The second kappa shape index (κ2) is 12.6. The highest BCUT2D eigenvalue weighted by molar-refractivity contribution is 5.98. The number of nitrogens with zero attached hydrogens (tertiary/aromatic N) is 2. The van der Waals surface area contributed by atoms with E-state index in [1.165, 1.54) is 11.1 Å². The van der Waals surface area contributed by atoms with E-state index < -0.39 is 6.04 Å². The molecule has 0 radical (unpaired) electrons. The van der Waals surface area contributed by atoms with Crippen molar-refractivity contribution >= 4 is 28.5 Å². The molecular formula is C34H41N5O2. The highest BCUT2D eigenvalue weighted by Crippen LogP contribution is 2.30. The number of fused-ring (bicyclic) bond motifs is 1. The van der Waals surface area contributed by atoms with E-state index in [-0.39, 0.29) is 17.9 Å². The molecule has 1 aliphatic heterocycles. The van der Waals surface area contributed by atoms with Gasteiger partial charge in [-0.2, -0.15) is 0 Å². The van der Waals surface area contributed by atoms with Gasteiger partial charge in [-0.25, -0.2) is 4.79 Å². The normalized spacial score (nSPS) is 15.6. The maximum Gasteiger partial charge on any atom is 0.318 e. The highest BCUT2D eigenvalue weighted by Gasteiger charge is 2.32. The number of piperidine rings is 1. The first-order valence-corrected chi connectivity index (χ1v) is 14.5. The minimum atomic E-state index is -0.756. The number of para-hydroxylation sites is 1. The number of anilines is 1. The smallest absolute Gasteiger partial charge is 0.318 e. The minimum absolute atomic E-state index is 0.194. The second-order valence-electron chi connectivity index (χ2n) is 11.6. The molecule has 7 heteroatoms. The van der Waals surface area contributed by atoms with Crippen LogP contribution in [0.3, 0.4) is 0 Å². The summed E-state index contributed by atoms with van der Waals surface area (Å²) >= 11 is 0.